The summed E-state index contributed by atoms with van der Waals surface area (Å²) in [7, 11) is 0. The van der Waals surface area contributed by atoms with E-state index in [0.29, 0.717) is 36.0 Å². The van der Waals surface area contributed by atoms with Crippen LogP contribution in [0.15, 0.2) is 66.2 Å². The molecule has 5 rings (SSSR count). The minimum absolute atomic E-state index is 0.0104. The topological polar surface area (TPSA) is 91.9 Å². The number of aliphatic hydroxyl groups excluding tert-OH is 1. The molecule has 0 saturated carbocycles. The van der Waals surface area contributed by atoms with Crippen LogP contribution in [-0.4, -0.2) is 35.0 Å². The van der Waals surface area contributed by atoms with E-state index in [9.17, 15) is 14.7 Å². The van der Waals surface area contributed by atoms with Gasteiger partial charge in [0.25, 0.3) is 11.7 Å². The highest BCUT2D eigenvalue weighted by molar-refractivity contribution is 6.52. The second-order valence-corrected chi connectivity index (χ2v) is 9.67. The Morgan fingerprint density at radius 2 is 1.67 bits per heavy atom. The Labute approximate surface area is 227 Å². The zero-order valence-corrected chi connectivity index (χ0v) is 22.8. The van der Waals surface area contributed by atoms with Gasteiger partial charge in [0, 0.05) is 33.9 Å². The summed E-state index contributed by atoms with van der Waals surface area (Å²) in [5.74, 6) is -0.791. The van der Waals surface area contributed by atoms with Gasteiger partial charge in [0.1, 0.15) is 17.3 Å². The molecule has 39 heavy (non-hydrogen) atoms. The van der Waals surface area contributed by atoms with Crippen LogP contribution in [0.5, 0.6) is 11.5 Å². The number of aromatic nitrogens is 1. The van der Waals surface area contributed by atoms with Crippen LogP contribution in [0.25, 0.3) is 16.7 Å². The first-order valence-electron chi connectivity index (χ1n) is 13.1. The standard InChI is InChI=1S/C32H32N2O5/c1-6-38-22-14-15-24(26(17-22)39-7-2)30(35)28-29(27-20(5)33-25-11-9-8-10-23(25)27)34(32(37)31(28)36)21-13-12-18(3)19(4)16-21/h8-17,29,33,35H,6-7H2,1-5H3/b30-28+. The molecule has 1 fully saturated rings. The molecule has 0 bridgehead atoms. The molecule has 200 valence electrons. The molecule has 1 amide bonds. The summed E-state index contributed by atoms with van der Waals surface area (Å²) >= 11 is 0. The van der Waals surface area contributed by atoms with Gasteiger partial charge in [-0.25, -0.2) is 0 Å². The van der Waals surface area contributed by atoms with Gasteiger partial charge in [0.15, 0.2) is 0 Å². The number of aromatic amines is 1. The number of ether oxygens (including phenoxy) is 2. The van der Waals surface area contributed by atoms with Crippen molar-refractivity contribution in [1.29, 1.82) is 0 Å². The SMILES string of the molecule is CCOc1ccc(/C(O)=C2\C(=O)C(=O)N(c3ccc(C)c(C)c3)C2c2c(C)[nH]c3ccccc23)c(OCC)c1. The fourth-order valence-electron chi connectivity index (χ4n) is 5.27. The second-order valence-electron chi connectivity index (χ2n) is 9.67. The third-order valence-electron chi connectivity index (χ3n) is 7.25. The fraction of sp³-hybridized carbons (Fsp3) is 0.250. The van der Waals surface area contributed by atoms with Crippen molar-refractivity contribution in [2.75, 3.05) is 18.1 Å². The Hall–Kier alpha value is -4.52. The summed E-state index contributed by atoms with van der Waals surface area (Å²) < 4.78 is 11.5. The van der Waals surface area contributed by atoms with Gasteiger partial charge >= 0.3 is 0 Å². The van der Waals surface area contributed by atoms with E-state index in [4.69, 9.17) is 9.47 Å². The lowest BCUT2D eigenvalue weighted by atomic mass is 9.92. The molecule has 2 N–H and O–H groups in total. The number of aliphatic hydroxyl groups is 1. The number of hydrogen-bond acceptors (Lipinski definition) is 5. The minimum Gasteiger partial charge on any atom is -0.507 e. The molecule has 7 heteroatoms. The summed E-state index contributed by atoms with van der Waals surface area (Å²) in [6.45, 7) is 10.4. The number of rotatable bonds is 7. The number of fused-ring (bicyclic) bond motifs is 1. The molecule has 1 aliphatic rings. The number of hydrogen-bond donors (Lipinski definition) is 2. The van der Waals surface area contributed by atoms with E-state index in [0.717, 1.165) is 33.3 Å². The first-order chi connectivity index (χ1) is 18.8. The van der Waals surface area contributed by atoms with Crippen LogP contribution in [0.1, 0.15) is 47.8 Å². The van der Waals surface area contributed by atoms with E-state index in [-0.39, 0.29) is 11.3 Å². The number of nitrogens with zero attached hydrogens (tertiary/aromatic N) is 1. The van der Waals surface area contributed by atoms with Crippen molar-refractivity contribution in [2.45, 2.75) is 40.7 Å². The number of amides is 1. The van der Waals surface area contributed by atoms with Gasteiger partial charge in [0.05, 0.1) is 30.4 Å². The highest BCUT2D eigenvalue weighted by Gasteiger charge is 2.48. The van der Waals surface area contributed by atoms with Crippen LogP contribution in [0.4, 0.5) is 5.69 Å². The number of para-hydroxylation sites is 1. The van der Waals surface area contributed by atoms with Crippen LogP contribution in [0.3, 0.4) is 0 Å². The number of H-pyrrole nitrogens is 1. The molecule has 0 radical (unpaired) electrons. The Morgan fingerprint density at radius 1 is 0.923 bits per heavy atom. The van der Waals surface area contributed by atoms with Crippen LogP contribution in [0, 0.1) is 20.8 Å². The molecule has 1 aromatic heterocycles. The Bertz CT molecular complexity index is 1630. The van der Waals surface area contributed by atoms with Crippen molar-refractivity contribution in [2.24, 2.45) is 0 Å². The minimum atomic E-state index is -0.857. The number of aryl methyl sites for hydroxylation is 3. The average molecular weight is 525 g/mol. The monoisotopic (exact) mass is 524 g/mol. The predicted molar refractivity (Wildman–Crippen MR) is 153 cm³/mol. The Morgan fingerprint density at radius 3 is 2.38 bits per heavy atom. The molecule has 4 aromatic rings. The lowest BCUT2D eigenvalue weighted by molar-refractivity contribution is -0.132. The molecule has 2 heterocycles. The van der Waals surface area contributed by atoms with Gasteiger partial charge < -0.3 is 19.6 Å². The number of Topliss-reactive ketones (excluding diaryl/α,β-unsaturated/α-hetero) is 1. The van der Waals surface area contributed by atoms with Crippen molar-refractivity contribution in [3.8, 4) is 11.5 Å². The van der Waals surface area contributed by atoms with Crippen molar-refractivity contribution in [1.82, 2.24) is 4.98 Å². The van der Waals surface area contributed by atoms with Crippen molar-refractivity contribution >= 4 is 34.0 Å². The van der Waals surface area contributed by atoms with E-state index in [2.05, 4.69) is 4.98 Å². The smallest absolute Gasteiger partial charge is 0.300 e. The molecule has 1 aliphatic heterocycles. The fourth-order valence-corrected chi connectivity index (χ4v) is 5.27. The first-order valence-corrected chi connectivity index (χ1v) is 13.1. The molecular weight excluding hydrogens is 492 g/mol. The van der Waals surface area contributed by atoms with Crippen molar-refractivity contribution in [3.63, 3.8) is 0 Å². The summed E-state index contributed by atoms with van der Waals surface area (Å²) in [5, 5.41) is 12.7. The largest absolute Gasteiger partial charge is 0.507 e. The van der Waals surface area contributed by atoms with Gasteiger partial charge in [-0.15, -0.1) is 0 Å². The highest BCUT2D eigenvalue weighted by atomic mass is 16.5. The van der Waals surface area contributed by atoms with Gasteiger partial charge in [-0.3, -0.25) is 14.5 Å². The van der Waals surface area contributed by atoms with Crippen molar-refractivity contribution < 1.29 is 24.2 Å². The van der Waals surface area contributed by atoms with E-state index >= 15 is 0 Å². The molecular formula is C32H32N2O5. The zero-order chi connectivity index (χ0) is 27.8. The molecule has 1 unspecified atom stereocenters. The normalized spacial score (nSPS) is 16.7. The first kappa shape index (κ1) is 26.1. The summed E-state index contributed by atoms with van der Waals surface area (Å²) in [4.78, 5) is 32.4. The zero-order valence-electron chi connectivity index (χ0n) is 22.8. The summed E-state index contributed by atoms with van der Waals surface area (Å²) in [6.07, 6.45) is 0. The third-order valence-corrected chi connectivity index (χ3v) is 7.25. The second kappa shape index (κ2) is 10.3. The Balaban J connectivity index is 1.80. The predicted octanol–water partition coefficient (Wildman–Crippen LogP) is 6.52. The summed E-state index contributed by atoms with van der Waals surface area (Å²) in [5.41, 5.74) is 5.43. The summed E-state index contributed by atoms with van der Waals surface area (Å²) in [6, 6.07) is 17.6. The van der Waals surface area contributed by atoms with Crippen LogP contribution in [0.2, 0.25) is 0 Å². The number of carbonyl (C=O) groups is 2. The van der Waals surface area contributed by atoms with Gasteiger partial charge in [-0.1, -0.05) is 24.3 Å². The van der Waals surface area contributed by atoms with Crippen LogP contribution >= 0.6 is 0 Å². The average Bonchev–Trinajstić information content (AvgIpc) is 3.38. The van der Waals surface area contributed by atoms with E-state index in [1.54, 1.807) is 18.2 Å². The van der Waals surface area contributed by atoms with Gasteiger partial charge in [-0.2, -0.15) is 0 Å². The molecule has 3 aromatic carbocycles. The third kappa shape index (κ3) is 4.44. The molecule has 0 aliphatic carbocycles. The van der Waals surface area contributed by atoms with E-state index in [1.165, 1.54) is 4.90 Å². The molecule has 7 nitrogen and oxygen atoms in total. The number of carbonyl (C=O) groups excluding carboxylic acids is 2. The maximum absolute atomic E-state index is 13.8. The van der Waals surface area contributed by atoms with Gasteiger partial charge in [0.2, 0.25) is 0 Å². The van der Waals surface area contributed by atoms with Gasteiger partial charge in [-0.05, 0) is 76.1 Å². The van der Waals surface area contributed by atoms with Crippen LogP contribution in [-0.2, 0) is 9.59 Å². The molecule has 0 spiro atoms. The van der Waals surface area contributed by atoms with Crippen LogP contribution < -0.4 is 14.4 Å². The number of nitrogens with one attached hydrogen (secondary N) is 1. The maximum atomic E-state index is 13.8. The number of anilines is 1. The van der Waals surface area contributed by atoms with E-state index < -0.39 is 17.7 Å². The quantitative estimate of drug-likeness (QED) is 0.163. The van der Waals surface area contributed by atoms with Crippen molar-refractivity contribution in [3.05, 3.63) is 94.2 Å². The lowest BCUT2D eigenvalue weighted by Gasteiger charge is -2.26. The lowest BCUT2D eigenvalue weighted by Crippen LogP contribution is -2.29. The molecule has 1 saturated heterocycles. The molecule has 1 atom stereocenters. The van der Waals surface area contributed by atoms with E-state index in [1.807, 2.05) is 77.1 Å². The number of benzene rings is 3. The highest BCUT2D eigenvalue weighted by Crippen LogP contribution is 2.46. The number of ketones is 1. The maximum Gasteiger partial charge on any atom is 0.300 e. The Kier molecular flexibility index (Phi) is 6.91.